The molecular weight excluding hydrogens is 657 g/mol. The van der Waals surface area contributed by atoms with Crippen molar-refractivity contribution in [3.63, 3.8) is 0 Å². The number of nitrogens with zero attached hydrogens (tertiary/aromatic N) is 5. The van der Waals surface area contributed by atoms with Crippen LogP contribution in [0, 0.1) is 0 Å². The molecule has 0 aliphatic rings. The van der Waals surface area contributed by atoms with Gasteiger partial charge in [-0.25, -0.2) is 4.79 Å². The average molecular weight is 697 g/mol. The Bertz CT molecular complexity index is 1830. The molecule has 0 saturated heterocycles. The van der Waals surface area contributed by atoms with E-state index in [1.807, 2.05) is 74.4 Å². The van der Waals surface area contributed by atoms with Crippen LogP contribution in [0.15, 0.2) is 67.1 Å². The van der Waals surface area contributed by atoms with E-state index in [2.05, 4.69) is 20.9 Å². The minimum atomic E-state index is -5.08. The molecule has 0 aliphatic carbocycles. The molecule has 4 rings (SSSR count). The molecule has 266 valence electrons. The van der Waals surface area contributed by atoms with Gasteiger partial charge in [-0.1, -0.05) is 18.2 Å². The number of pyridine rings is 1. The molecule has 0 atom stereocenters. The first kappa shape index (κ1) is 38.5. The molecule has 3 amide bonds. The normalized spacial score (nSPS) is 11.2. The zero-order chi connectivity index (χ0) is 37.2. The first-order valence-electron chi connectivity index (χ1n) is 15.0. The smallest absolute Gasteiger partial charge is 0.475 e. The number of likely N-dealkylation sites (N-methyl/N-ethyl adjacent to an activating group) is 1. The maximum Gasteiger partial charge on any atom is 0.490 e. The second kappa shape index (κ2) is 17.0. The Morgan fingerprint density at radius 1 is 0.820 bits per heavy atom. The highest BCUT2D eigenvalue weighted by atomic mass is 19.4. The molecule has 3 heterocycles. The number of halogens is 3. The molecule has 0 spiro atoms. The number of carboxylic acid groups (broad SMARTS) is 1. The third kappa shape index (κ3) is 11.4. The summed E-state index contributed by atoms with van der Waals surface area (Å²) in [5.74, 6) is -3.69. The third-order valence-electron chi connectivity index (χ3n) is 6.98. The Morgan fingerprint density at radius 3 is 1.84 bits per heavy atom. The number of anilines is 3. The first-order chi connectivity index (χ1) is 23.4. The lowest BCUT2D eigenvalue weighted by Crippen LogP contribution is -2.32. The fraction of sp³-hybridized carbons (Fsp3) is 0.265. The Morgan fingerprint density at radius 2 is 1.36 bits per heavy atom. The molecule has 0 saturated carbocycles. The molecule has 3 aromatic heterocycles. The van der Waals surface area contributed by atoms with Gasteiger partial charge in [0.1, 0.15) is 11.4 Å². The van der Waals surface area contributed by atoms with Crippen LogP contribution < -0.4 is 20.9 Å². The summed E-state index contributed by atoms with van der Waals surface area (Å²) in [6.07, 6.45) is 3.63. The lowest BCUT2D eigenvalue weighted by Gasteiger charge is -2.11. The van der Waals surface area contributed by atoms with Gasteiger partial charge in [-0.3, -0.25) is 19.4 Å². The van der Waals surface area contributed by atoms with Gasteiger partial charge in [0.2, 0.25) is 0 Å². The number of alkyl halides is 3. The van der Waals surface area contributed by atoms with Crippen molar-refractivity contribution in [1.29, 1.82) is 0 Å². The van der Waals surface area contributed by atoms with E-state index in [4.69, 9.17) is 9.90 Å². The van der Waals surface area contributed by atoms with Gasteiger partial charge in [-0.2, -0.15) is 13.2 Å². The van der Waals surface area contributed by atoms with Crippen molar-refractivity contribution in [3.05, 3.63) is 95.3 Å². The number of hydrogen-bond acceptors (Lipinski definition) is 7. The Kier molecular flexibility index (Phi) is 13.1. The van der Waals surface area contributed by atoms with Crippen LogP contribution in [0.5, 0.6) is 0 Å². The minimum Gasteiger partial charge on any atom is -0.475 e. The van der Waals surface area contributed by atoms with Crippen LogP contribution in [0.1, 0.15) is 42.6 Å². The summed E-state index contributed by atoms with van der Waals surface area (Å²) in [6.45, 7) is 1.23. The van der Waals surface area contributed by atoms with E-state index in [0.717, 1.165) is 23.5 Å². The predicted molar refractivity (Wildman–Crippen MR) is 185 cm³/mol. The molecule has 13 nitrogen and oxygen atoms in total. The van der Waals surface area contributed by atoms with Crippen LogP contribution in [0.3, 0.4) is 0 Å². The van der Waals surface area contributed by atoms with Crippen LogP contribution in [0.25, 0.3) is 12.2 Å². The molecule has 0 radical (unpaired) electrons. The third-order valence-corrected chi connectivity index (χ3v) is 6.98. The molecule has 50 heavy (non-hydrogen) atoms. The molecular formula is C34H39F3N8O5. The molecule has 0 bridgehead atoms. The van der Waals surface area contributed by atoms with Gasteiger partial charge in [0.25, 0.3) is 17.7 Å². The highest BCUT2D eigenvalue weighted by Crippen LogP contribution is 2.19. The van der Waals surface area contributed by atoms with E-state index < -0.39 is 12.1 Å². The van der Waals surface area contributed by atoms with E-state index >= 15 is 0 Å². The van der Waals surface area contributed by atoms with Crippen LogP contribution in [0.2, 0.25) is 0 Å². The molecule has 0 aliphatic heterocycles. The average Bonchev–Trinajstić information content (AvgIpc) is 3.60. The lowest BCUT2D eigenvalue weighted by molar-refractivity contribution is -0.192. The summed E-state index contributed by atoms with van der Waals surface area (Å²) in [4.78, 5) is 55.7. The van der Waals surface area contributed by atoms with Crippen molar-refractivity contribution in [2.45, 2.75) is 6.18 Å². The zero-order valence-electron chi connectivity index (χ0n) is 28.4. The minimum absolute atomic E-state index is 0.220. The summed E-state index contributed by atoms with van der Waals surface area (Å²) in [7, 11) is 11.3. The topological polar surface area (TPSA) is 154 Å². The molecule has 4 N–H and O–H groups in total. The number of nitrogens with one attached hydrogen (secondary N) is 3. The van der Waals surface area contributed by atoms with Crippen molar-refractivity contribution < 1.29 is 37.5 Å². The second-order valence-electron chi connectivity index (χ2n) is 11.5. The van der Waals surface area contributed by atoms with Gasteiger partial charge < -0.3 is 40.0 Å². The largest absolute Gasteiger partial charge is 0.490 e. The fourth-order valence-electron chi connectivity index (χ4n) is 4.30. The highest BCUT2D eigenvalue weighted by molar-refractivity contribution is 6.07. The number of rotatable bonds is 11. The Balaban J connectivity index is 0.000000872. The van der Waals surface area contributed by atoms with Crippen LogP contribution >= 0.6 is 0 Å². The van der Waals surface area contributed by atoms with Crippen molar-refractivity contribution in [2.24, 2.45) is 14.1 Å². The van der Waals surface area contributed by atoms with Gasteiger partial charge >= 0.3 is 12.1 Å². The monoisotopic (exact) mass is 696 g/mol. The van der Waals surface area contributed by atoms with E-state index in [1.54, 1.807) is 59.9 Å². The number of amides is 3. The van der Waals surface area contributed by atoms with E-state index in [9.17, 15) is 27.6 Å². The number of hydrogen-bond donors (Lipinski definition) is 4. The number of carbonyl (C=O) groups excluding carboxylic acids is 3. The highest BCUT2D eigenvalue weighted by Gasteiger charge is 2.38. The molecule has 1 aromatic carbocycles. The van der Waals surface area contributed by atoms with Gasteiger partial charge in [0.05, 0.1) is 22.6 Å². The summed E-state index contributed by atoms with van der Waals surface area (Å²) < 4.78 is 35.0. The number of aliphatic carboxylic acids is 1. The van der Waals surface area contributed by atoms with Crippen LogP contribution in [-0.2, 0) is 18.9 Å². The second-order valence-corrected chi connectivity index (χ2v) is 11.5. The summed E-state index contributed by atoms with van der Waals surface area (Å²) in [5, 5.41) is 15.6. The molecule has 4 aromatic rings. The number of carbonyl (C=O) groups is 4. The van der Waals surface area contributed by atoms with E-state index in [0.29, 0.717) is 34.9 Å². The summed E-state index contributed by atoms with van der Waals surface area (Å²) >= 11 is 0. The summed E-state index contributed by atoms with van der Waals surface area (Å²) in [6, 6.07) is 14.9. The first-order valence-corrected chi connectivity index (χ1v) is 15.0. The number of benzene rings is 1. The lowest BCUT2D eigenvalue weighted by atomic mass is 10.1. The van der Waals surface area contributed by atoms with Gasteiger partial charge in [0, 0.05) is 65.6 Å². The van der Waals surface area contributed by atoms with Crippen molar-refractivity contribution in [3.8, 4) is 0 Å². The Hall–Kier alpha value is -5.90. The number of aromatic nitrogens is 3. The maximum absolute atomic E-state index is 13.0. The van der Waals surface area contributed by atoms with Crippen molar-refractivity contribution in [2.75, 3.05) is 56.8 Å². The quantitative estimate of drug-likeness (QED) is 0.180. The fourth-order valence-corrected chi connectivity index (χ4v) is 4.30. The van der Waals surface area contributed by atoms with Gasteiger partial charge in [0.15, 0.2) is 0 Å². The van der Waals surface area contributed by atoms with E-state index in [-0.39, 0.29) is 17.7 Å². The molecule has 0 fully saturated rings. The van der Waals surface area contributed by atoms with Crippen LogP contribution in [0.4, 0.5) is 30.2 Å². The van der Waals surface area contributed by atoms with Crippen LogP contribution in [-0.4, -0.2) is 95.3 Å². The number of aryl methyl sites for hydroxylation is 2. The SMILES string of the molecule is CN(C)CCNC(=O)c1cc(NC(=O)c2cc(NC(=O)c3ccc(/C=C/c4ccc(N(C)C)cc4)nc3)cn2C)cn1C.O=C(O)C(F)(F)F. The Labute approximate surface area is 287 Å². The van der Waals surface area contributed by atoms with Gasteiger partial charge in [-0.15, -0.1) is 0 Å². The van der Waals surface area contributed by atoms with Gasteiger partial charge in [-0.05, 0) is 62.1 Å². The van der Waals surface area contributed by atoms with Crippen molar-refractivity contribution >= 4 is 52.9 Å². The maximum atomic E-state index is 13.0. The summed E-state index contributed by atoms with van der Waals surface area (Å²) in [5.41, 5.74) is 5.02. The molecule has 0 unspecified atom stereocenters. The van der Waals surface area contributed by atoms with Crippen molar-refractivity contribution in [1.82, 2.24) is 24.3 Å². The molecule has 16 heteroatoms. The number of carboxylic acids is 1. The predicted octanol–water partition coefficient (Wildman–Crippen LogP) is 4.42. The zero-order valence-corrected chi connectivity index (χ0v) is 28.4. The standard InChI is InChI=1S/C32H38N8O3.C2HF3O2/c1-37(2)16-15-33-31(42)28-17-26(21-39(28)5)36-32(43)29-18-25(20-40(29)6)35-30(41)23-10-12-24(34-19-23)11-7-22-8-13-27(14-9-22)38(3)4;3-2(4,5)1(6)7/h7-14,17-21H,15-16H2,1-6H3,(H,33,42)(H,35,41)(H,36,43);(H,6,7)/b11-7+;. The van der Waals surface area contributed by atoms with E-state index in [1.165, 1.54) is 6.20 Å².